The van der Waals surface area contributed by atoms with Gasteiger partial charge in [-0.25, -0.2) is 0 Å². The first kappa shape index (κ1) is 25.2. The number of nitro groups is 1. The molecule has 0 N–H and O–H groups in total. The van der Waals surface area contributed by atoms with Gasteiger partial charge in [-0.1, -0.05) is 11.6 Å². The standard InChI is InChI=1S/C23H19BrClN3O6S/c24-17-9-15(10-18(25)21(17)34-13-14-3-5-16(6-4-14)28(32)33)11-19-22(30)27(23(31)35-19)12-20(29)26-7-1-2-8-26/h3-6,9-11H,1-2,7-8,12-13H2/b19-11+. The van der Waals surface area contributed by atoms with E-state index in [4.69, 9.17) is 16.3 Å². The van der Waals surface area contributed by atoms with Crippen LogP contribution in [0.15, 0.2) is 45.8 Å². The summed E-state index contributed by atoms with van der Waals surface area (Å²) < 4.78 is 6.31. The van der Waals surface area contributed by atoms with Gasteiger partial charge < -0.3 is 9.64 Å². The van der Waals surface area contributed by atoms with Crippen molar-refractivity contribution in [2.24, 2.45) is 0 Å². The Bertz CT molecular complexity index is 1210. The molecule has 35 heavy (non-hydrogen) atoms. The van der Waals surface area contributed by atoms with Crippen molar-refractivity contribution >= 4 is 68.1 Å². The van der Waals surface area contributed by atoms with Gasteiger partial charge in [-0.15, -0.1) is 0 Å². The molecule has 12 heteroatoms. The SMILES string of the molecule is O=C(CN1C(=O)S/C(=C/c2cc(Cl)c(OCc3ccc([N+](=O)[O-])cc3)c(Br)c2)C1=O)N1CCCC1. The van der Waals surface area contributed by atoms with Crippen LogP contribution in [0.2, 0.25) is 5.02 Å². The number of non-ortho nitro benzene ring substituents is 1. The molecule has 0 aromatic heterocycles. The lowest BCUT2D eigenvalue weighted by Gasteiger charge is -2.18. The first-order valence-electron chi connectivity index (χ1n) is 10.6. The number of amides is 3. The van der Waals surface area contributed by atoms with E-state index in [0.29, 0.717) is 28.9 Å². The third-order valence-corrected chi connectivity index (χ3v) is 7.25. The number of imide groups is 1. The van der Waals surface area contributed by atoms with Crippen LogP contribution in [0.5, 0.6) is 5.75 Å². The second kappa shape index (κ2) is 10.8. The van der Waals surface area contributed by atoms with E-state index in [9.17, 15) is 24.5 Å². The number of benzene rings is 2. The number of carbonyl (C=O) groups excluding carboxylic acids is 3. The predicted octanol–water partition coefficient (Wildman–Crippen LogP) is 5.25. The number of hydrogen-bond donors (Lipinski definition) is 0. The molecule has 2 aromatic carbocycles. The van der Waals surface area contributed by atoms with Crippen LogP contribution in [0.25, 0.3) is 6.08 Å². The Morgan fingerprint density at radius 2 is 1.89 bits per heavy atom. The molecular formula is C23H19BrClN3O6S. The lowest BCUT2D eigenvalue weighted by molar-refractivity contribution is -0.384. The maximum absolute atomic E-state index is 12.8. The minimum absolute atomic E-state index is 0.0119. The highest BCUT2D eigenvalue weighted by Gasteiger charge is 2.37. The number of carbonyl (C=O) groups is 3. The molecular weight excluding hydrogens is 562 g/mol. The molecule has 2 saturated heterocycles. The number of likely N-dealkylation sites (tertiary alicyclic amines) is 1. The Morgan fingerprint density at radius 3 is 2.51 bits per heavy atom. The molecule has 0 aliphatic carbocycles. The topological polar surface area (TPSA) is 110 Å². The van der Waals surface area contributed by atoms with E-state index >= 15 is 0 Å². The highest BCUT2D eigenvalue weighted by molar-refractivity contribution is 9.10. The van der Waals surface area contributed by atoms with Crippen LogP contribution in [0.1, 0.15) is 24.0 Å². The fraction of sp³-hybridized carbons (Fsp3) is 0.261. The van der Waals surface area contributed by atoms with Crippen molar-refractivity contribution in [2.45, 2.75) is 19.4 Å². The van der Waals surface area contributed by atoms with Gasteiger partial charge >= 0.3 is 0 Å². The van der Waals surface area contributed by atoms with Crippen LogP contribution >= 0.6 is 39.3 Å². The van der Waals surface area contributed by atoms with Gasteiger partial charge in [0, 0.05) is 25.2 Å². The molecule has 2 aromatic rings. The minimum Gasteiger partial charge on any atom is -0.486 e. The zero-order valence-electron chi connectivity index (χ0n) is 18.2. The third-order valence-electron chi connectivity index (χ3n) is 5.47. The summed E-state index contributed by atoms with van der Waals surface area (Å²) in [5, 5.41) is 10.6. The summed E-state index contributed by atoms with van der Waals surface area (Å²) in [5.74, 6) is -0.379. The smallest absolute Gasteiger partial charge is 0.294 e. The molecule has 2 aliphatic rings. The highest BCUT2D eigenvalue weighted by atomic mass is 79.9. The van der Waals surface area contributed by atoms with Crippen LogP contribution in [0.3, 0.4) is 0 Å². The summed E-state index contributed by atoms with van der Waals surface area (Å²) in [5.41, 5.74) is 1.28. The van der Waals surface area contributed by atoms with Crippen molar-refractivity contribution in [3.8, 4) is 5.75 Å². The molecule has 0 saturated carbocycles. The fourth-order valence-electron chi connectivity index (χ4n) is 3.66. The second-order valence-corrected chi connectivity index (χ2v) is 10.1. The number of thioether (sulfide) groups is 1. The molecule has 0 atom stereocenters. The van der Waals surface area contributed by atoms with Crippen molar-refractivity contribution in [1.29, 1.82) is 0 Å². The molecule has 0 bridgehead atoms. The normalized spacial score (nSPS) is 16.9. The van der Waals surface area contributed by atoms with Gasteiger partial charge in [-0.3, -0.25) is 29.4 Å². The van der Waals surface area contributed by atoms with Crippen molar-refractivity contribution in [1.82, 2.24) is 9.80 Å². The number of halogens is 2. The van der Waals surface area contributed by atoms with Crippen molar-refractivity contribution in [3.63, 3.8) is 0 Å². The van der Waals surface area contributed by atoms with E-state index in [1.165, 1.54) is 12.1 Å². The summed E-state index contributed by atoms with van der Waals surface area (Å²) in [4.78, 5) is 50.6. The van der Waals surface area contributed by atoms with Crippen LogP contribution in [0.4, 0.5) is 10.5 Å². The number of hydrogen-bond acceptors (Lipinski definition) is 7. The monoisotopic (exact) mass is 579 g/mol. The first-order valence-corrected chi connectivity index (χ1v) is 12.6. The number of nitro benzene ring substituents is 1. The number of rotatable bonds is 7. The first-order chi connectivity index (χ1) is 16.7. The van der Waals surface area contributed by atoms with Crippen LogP contribution in [0, 0.1) is 10.1 Å². The van der Waals surface area contributed by atoms with E-state index in [1.807, 2.05) is 0 Å². The molecule has 2 aliphatic heterocycles. The Labute approximate surface area is 218 Å². The van der Waals surface area contributed by atoms with Crippen molar-refractivity contribution in [3.05, 3.63) is 72.0 Å². The zero-order valence-corrected chi connectivity index (χ0v) is 21.4. The largest absolute Gasteiger partial charge is 0.486 e. The molecule has 0 radical (unpaired) electrons. The Balaban J connectivity index is 1.44. The summed E-state index contributed by atoms with van der Waals surface area (Å²) >= 11 is 10.6. The minimum atomic E-state index is -0.515. The third kappa shape index (κ3) is 5.85. The summed E-state index contributed by atoms with van der Waals surface area (Å²) in [7, 11) is 0. The Kier molecular flexibility index (Phi) is 7.78. The van der Waals surface area contributed by atoms with Gasteiger partial charge in [0.05, 0.1) is 19.3 Å². The number of nitrogens with zero attached hydrogens (tertiary/aromatic N) is 3. The Hall–Kier alpha value is -2.89. The van der Waals surface area contributed by atoms with Gasteiger partial charge in [-0.05, 0) is 82.0 Å². The van der Waals surface area contributed by atoms with Gasteiger partial charge in [0.15, 0.2) is 5.75 Å². The van der Waals surface area contributed by atoms with E-state index < -0.39 is 16.1 Å². The maximum Gasteiger partial charge on any atom is 0.294 e. The van der Waals surface area contributed by atoms with E-state index in [-0.39, 0.29) is 34.7 Å². The van der Waals surface area contributed by atoms with Crippen molar-refractivity contribution < 1.29 is 24.0 Å². The predicted molar refractivity (Wildman–Crippen MR) is 135 cm³/mol. The molecule has 2 heterocycles. The molecule has 2 fully saturated rings. The van der Waals surface area contributed by atoms with Gasteiger partial charge in [0.1, 0.15) is 13.2 Å². The molecule has 9 nitrogen and oxygen atoms in total. The lowest BCUT2D eigenvalue weighted by Crippen LogP contribution is -2.40. The Morgan fingerprint density at radius 1 is 1.20 bits per heavy atom. The van der Waals surface area contributed by atoms with Gasteiger partial charge in [0.25, 0.3) is 16.8 Å². The molecule has 4 rings (SSSR count). The molecule has 182 valence electrons. The quantitative estimate of drug-likeness (QED) is 0.250. The van der Waals surface area contributed by atoms with Gasteiger partial charge in [0.2, 0.25) is 5.91 Å². The maximum atomic E-state index is 12.8. The fourth-order valence-corrected chi connectivity index (χ4v) is 5.49. The average Bonchev–Trinajstić information content (AvgIpc) is 3.44. The van der Waals surface area contributed by atoms with Gasteiger partial charge in [-0.2, -0.15) is 0 Å². The summed E-state index contributed by atoms with van der Waals surface area (Å²) in [6, 6.07) is 9.27. The molecule has 0 unspecified atom stereocenters. The van der Waals surface area contributed by atoms with E-state index in [1.54, 1.807) is 35.2 Å². The highest BCUT2D eigenvalue weighted by Crippen LogP contribution is 2.38. The van der Waals surface area contributed by atoms with E-state index in [2.05, 4.69) is 15.9 Å². The van der Waals surface area contributed by atoms with Crippen LogP contribution in [-0.4, -0.2) is 51.4 Å². The molecule has 3 amide bonds. The summed E-state index contributed by atoms with van der Waals surface area (Å²) in [6.07, 6.45) is 3.40. The van der Waals surface area contributed by atoms with Crippen LogP contribution in [-0.2, 0) is 16.2 Å². The van der Waals surface area contributed by atoms with Crippen molar-refractivity contribution in [2.75, 3.05) is 19.6 Å². The van der Waals surface area contributed by atoms with E-state index in [0.717, 1.165) is 35.1 Å². The van der Waals surface area contributed by atoms with Crippen LogP contribution < -0.4 is 4.74 Å². The molecule has 0 spiro atoms. The number of ether oxygens (including phenoxy) is 1. The average molecular weight is 581 g/mol. The zero-order chi connectivity index (χ0) is 25.1. The lowest BCUT2D eigenvalue weighted by atomic mass is 10.2. The summed E-state index contributed by atoms with van der Waals surface area (Å²) in [6.45, 7) is 1.17. The second-order valence-electron chi connectivity index (χ2n) is 7.88.